The van der Waals surface area contributed by atoms with Gasteiger partial charge in [0.15, 0.2) is 0 Å². The molecule has 0 saturated carbocycles. The largest absolute Gasteiger partial charge is 0.468 e. The van der Waals surface area contributed by atoms with Crippen LogP contribution in [0.15, 0.2) is 0 Å². The number of methoxy groups -OCH3 is 1. The SMILES string of the molecule is COC(=O)C(C)(CCCN1CCCCC1C)NC(C)C. The minimum absolute atomic E-state index is 0.155. The zero-order chi connectivity index (χ0) is 15.2. The monoisotopic (exact) mass is 284 g/mol. The van der Waals surface area contributed by atoms with Gasteiger partial charge in [-0.2, -0.15) is 0 Å². The van der Waals surface area contributed by atoms with Crippen LogP contribution in [0.4, 0.5) is 0 Å². The number of likely N-dealkylation sites (tertiary alicyclic amines) is 1. The van der Waals surface area contributed by atoms with E-state index < -0.39 is 5.54 Å². The first-order valence-corrected chi connectivity index (χ1v) is 7.99. The minimum atomic E-state index is -0.568. The molecule has 20 heavy (non-hydrogen) atoms. The highest BCUT2D eigenvalue weighted by Gasteiger charge is 2.34. The molecule has 1 fully saturated rings. The lowest BCUT2D eigenvalue weighted by Gasteiger charge is -2.35. The van der Waals surface area contributed by atoms with Crippen molar-refractivity contribution in [3.8, 4) is 0 Å². The number of ether oxygens (including phenoxy) is 1. The van der Waals surface area contributed by atoms with E-state index in [1.807, 2.05) is 6.92 Å². The molecular formula is C16H32N2O2. The van der Waals surface area contributed by atoms with E-state index in [0.29, 0.717) is 6.04 Å². The summed E-state index contributed by atoms with van der Waals surface area (Å²) in [5.41, 5.74) is -0.568. The molecular weight excluding hydrogens is 252 g/mol. The molecule has 0 bridgehead atoms. The van der Waals surface area contributed by atoms with Gasteiger partial charge in [-0.05, 0) is 66.5 Å². The molecule has 2 unspecified atom stereocenters. The van der Waals surface area contributed by atoms with Gasteiger partial charge in [0.1, 0.15) is 5.54 Å². The maximum Gasteiger partial charge on any atom is 0.325 e. The van der Waals surface area contributed by atoms with Crippen molar-refractivity contribution >= 4 is 5.97 Å². The van der Waals surface area contributed by atoms with Crippen LogP contribution in [0.2, 0.25) is 0 Å². The van der Waals surface area contributed by atoms with Crippen LogP contribution in [-0.4, -0.2) is 48.7 Å². The summed E-state index contributed by atoms with van der Waals surface area (Å²) >= 11 is 0. The Labute approximate surface area is 124 Å². The summed E-state index contributed by atoms with van der Waals surface area (Å²) in [5, 5.41) is 3.36. The maximum atomic E-state index is 12.0. The lowest BCUT2D eigenvalue weighted by molar-refractivity contribution is -0.148. The molecule has 4 heteroatoms. The summed E-state index contributed by atoms with van der Waals surface area (Å²) in [5.74, 6) is -0.155. The van der Waals surface area contributed by atoms with Crippen LogP contribution >= 0.6 is 0 Å². The van der Waals surface area contributed by atoms with Crippen molar-refractivity contribution in [1.29, 1.82) is 0 Å². The van der Waals surface area contributed by atoms with Gasteiger partial charge in [0, 0.05) is 12.1 Å². The van der Waals surface area contributed by atoms with Crippen molar-refractivity contribution in [3.63, 3.8) is 0 Å². The van der Waals surface area contributed by atoms with Crippen LogP contribution < -0.4 is 5.32 Å². The van der Waals surface area contributed by atoms with Crippen LogP contribution in [0.1, 0.15) is 59.8 Å². The average Bonchev–Trinajstić information content (AvgIpc) is 2.39. The van der Waals surface area contributed by atoms with Crippen molar-refractivity contribution in [2.24, 2.45) is 0 Å². The number of esters is 1. The van der Waals surface area contributed by atoms with E-state index in [9.17, 15) is 4.79 Å². The quantitative estimate of drug-likeness (QED) is 0.730. The lowest BCUT2D eigenvalue weighted by Crippen LogP contribution is -2.53. The number of hydrogen-bond acceptors (Lipinski definition) is 4. The van der Waals surface area contributed by atoms with E-state index in [2.05, 4.69) is 31.0 Å². The molecule has 0 amide bonds. The molecule has 0 aromatic rings. The topological polar surface area (TPSA) is 41.6 Å². The van der Waals surface area contributed by atoms with E-state index in [4.69, 9.17) is 4.74 Å². The van der Waals surface area contributed by atoms with E-state index >= 15 is 0 Å². The summed E-state index contributed by atoms with van der Waals surface area (Å²) in [6, 6.07) is 0.958. The van der Waals surface area contributed by atoms with Gasteiger partial charge in [0.25, 0.3) is 0 Å². The summed E-state index contributed by atoms with van der Waals surface area (Å²) in [4.78, 5) is 14.6. The summed E-state index contributed by atoms with van der Waals surface area (Å²) in [7, 11) is 1.47. The van der Waals surface area contributed by atoms with Gasteiger partial charge in [-0.15, -0.1) is 0 Å². The van der Waals surface area contributed by atoms with Gasteiger partial charge in [0.05, 0.1) is 7.11 Å². The molecule has 4 nitrogen and oxygen atoms in total. The molecule has 0 aromatic heterocycles. The Kier molecular flexibility index (Phi) is 6.96. The molecule has 1 aliphatic heterocycles. The Balaban J connectivity index is 2.47. The Hall–Kier alpha value is -0.610. The molecule has 1 aliphatic rings. The maximum absolute atomic E-state index is 12.0. The molecule has 1 heterocycles. The molecule has 0 spiro atoms. The second kappa shape index (κ2) is 7.99. The summed E-state index contributed by atoms with van der Waals surface area (Å²) < 4.78 is 4.96. The summed E-state index contributed by atoms with van der Waals surface area (Å²) in [6.45, 7) is 10.7. The highest BCUT2D eigenvalue weighted by atomic mass is 16.5. The van der Waals surface area contributed by atoms with Gasteiger partial charge in [-0.3, -0.25) is 10.1 Å². The highest BCUT2D eigenvalue weighted by Crippen LogP contribution is 2.20. The third-order valence-corrected chi connectivity index (χ3v) is 4.31. The number of rotatable bonds is 7. The highest BCUT2D eigenvalue weighted by molar-refractivity contribution is 5.80. The van der Waals surface area contributed by atoms with Crippen molar-refractivity contribution < 1.29 is 9.53 Å². The van der Waals surface area contributed by atoms with Gasteiger partial charge >= 0.3 is 5.97 Å². The molecule has 2 atom stereocenters. The molecule has 118 valence electrons. The molecule has 1 rings (SSSR count). The van der Waals surface area contributed by atoms with Crippen LogP contribution in [0, 0.1) is 0 Å². The van der Waals surface area contributed by atoms with Crippen LogP contribution in [0.3, 0.4) is 0 Å². The third kappa shape index (κ3) is 5.06. The number of carbonyl (C=O) groups excluding carboxylic acids is 1. The van der Waals surface area contributed by atoms with Crippen molar-refractivity contribution in [3.05, 3.63) is 0 Å². The summed E-state index contributed by atoms with van der Waals surface area (Å²) in [6.07, 6.45) is 5.81. The number of carbonyl (C=O) groups is 1. The first kappa shape index (κ1) is 17.4. The number of piperidine rings is 1. The van der Waals surface area contributed by atoms with Gasteiger partial charge in [0.2, 0.25) is 0 Å². The smallest absolute Gasteiger partial charge is 0.325 e. The van der Waals surface area contributed by atoms with Crippen LogP contribution in [0.5, 0.6) is 0 Å². The fraction of sp³-hybridized carbons (Fsp3) is 0.938. The minimum Gasteiger partial charge on any atom is -0.468 e. The fourth-order valence-corrected chi connectivity index (χ4v) is 3.22. The predicted molar refractivity (Wildman–Crippen MR) is 82.8 cm³/mol. The second-order valence-corrected chi connectivity index (χ2v) is 6.61. The van der Waals surface area contributed by atoms with Gasteiger partial charge in [-0.25, -0.2) is 0 Å². The Bertz CT molecular complexity index is 307. The molecule has 0 aliphatic carbocycles. The lowest BCUT2D eigenvalue weighted by atomic mass is 9.94. The van der Waals surface area contributed by atoms with Crippen molar-refractivity contribution in [2.45, 2.75) is 77.4 Å². The number of nitrogens with one attached hydrogen (secondary N) is 1. The zero-order valence-corrected chi connectivity index (χ0v) is 13.9. The van der Waals surface area contributed by atoms with E-state index in [-0.39, 0.29) is 12.0 Å². The van der Waals surface area contributed by atoms with Gasteiger partial charge < -0.3 is 9.64 Å². The first-order chi connectivity index (χ1) is 9.39. The molecule has 1 saturated heterocycles. The standard InChI is InChI=1S/C16H32N2O2/c1-13(2)17-16(4,15(19)20-5)10-8-12-18-11-7-6-9-14(18)3/h13-14,17H,6-12H2,1-5H3. The molecule has 0 aromatic carbocycles. The van der Waals surface area contributed by atoms with Crippen LogP contribution in [-0.2, 0) is 9.53 Å². The zero-order valence-electron chi connectivity index (χ0n) is 13.9. The second-order valence-electron chi connectivity index (χ2n) is 6.61. The van der Waals surface area contributed by atoms with E-state index in [1.54, 1.807) is 0 Å². The van der Waals surface area contributed by atoms with Crippen molar-refractivity contribution in [2.75, 3.05) is 20.2 Å². The van der Waals surface area contributed by atoms with E-state index in [1.165, 1.54) is 32.9 Å². The first-order valence-electron chi connectivity index (χ1n) is 7.99. The Morgan fingerprint density at radius 1 is 1.45 bits per heavy atom. The van der Waals surface area contributed by atoms with Crippen LogP contribution in [0.25, 0.3) is 0 Å². The Morgan fingerprint density at radius 2 is 2.15 bits per heavy atom. The van der Waals surface area contributed by atoms with E-state index in [0.717, 1.165) is 19.4 Å². The van der Waals surface area contributed by atoms with Crippen molar-refractivity contribution in [1.82, 2.24) is 10.2 Å². The average molecular weight is 284 g/mol. The predicted octanol–water partition coefficient (Wildman–Crippen LogP) is 2.57. The third-order valence-electron chi connectivity index (χ3n) is 4.31. The molecule has 0 radical (unpaired) electrons. The Morgan fingerprint density at radius 3 is 2.70 bits per heavy atom. The fourth-order valence-electron chi connectivity index (χ4n) is 3.22. The normalized spacial score (nSPS) is 23.6. The number of hydrogen-bond donors (Lipinski definition) is 1. The number of nitrogens with zero attached hydrogens (tertiary/aromatic N) is 1. The molecule has 1 N–H and O–H groups in total. The van der Waals surface area contributed by atoms with Gasteiger partial charge in [-0.1, -0.05) is 6.42 Å².